The maximum Gasteiger partial charge on any atom is 0.402 e. The van der Waals surface area contributed by atoms with Crippen LogP contribution >= 0.6 is 0 Å². The van der Waals surface area contributed by atoms with Crippen LogP contribution in [0.2, 0.25) is 0 Å². The third-order valence-corrected chi connectivity index (χ3v) is 5.40. The van der Waals surface area contributed by atoms with Crippen molar-refractivity contribution in [2.45, 2.75) is 59.5 Å². The van der Waals surface area contributed by atoms with E-state index in [1.54, 1.807) is 18.5 Å². The number of imidazole rings is 1. The second-order valence-corrected chi connectivity index (χ2v) is 7.14. The zero-order valence-corrected chi connectivity index (χ0v) is 17.2. The summed E-state index contributed by atoms with van der Waals surface area (Å²) in [6, 6.07) is -1.03. The van der Waals surface area contributed by atoms with Crippen LogP contribution in [0.1, 0.15) is 50.5 Å². The highest BCUT2D eigenvalue weighted by Crippen LogP contribution is 2.35. The number of carbonyl (C=O) groups excluding carboxylic acids is 3. The number of fused-ring (bicyclic) bond motifs is 3. The van der Waals surface area contributed by atoms with Crippen molar-refractivity contribution in [3.05, 3.63) is 11.4 Å². The molecule has 1 atom stereocenters. The van der Waals surface area contributed by atoms with E-state index in [4.69, 9.17) is 4.74 Å². The fraction of sp³-hybridized carbons (Fsp3) is 0.632. The monoisotopic (exact) mass is 390 g/mol. The molecule has 3 heterocycles. The van der Waals surface area contributed by atoms with Crippen molar-refractivity contribution in [2.24, 2.45) is 4.99 Å². The number of hydrogen-bond donors (Lipinski definition) is 0. The number of unbranched alkanes of at least 4 members (excludes halogenated alkanes) is 2. The fourth-order valence-electron chi connectivity index (χ4n) is 3.75. The molecular formula is C19H28N5O4+. The second-order valence-electron chi connectivity index (χ2n) is 7.14. The number of urea groups is 1. The maximum atomic E-state index is 13.2. The minimum Gasteiger partial charge on any atom is -0.464 e. The van der Waals surface area contributed by atoms with E-state index in [0.717, 1.165) is 30.7 Å². The average Bonchev–Trinajstić information content (AvgIpc) is 3.15. The van der Waals surface area contributed by atoms with Gasteiger partial charge in [-0.15, -0.1) is 0 Å². The molecule has 0 bridgehead atoms. The number of likely N-dealkylation sites (N-methyl/N-ethyl adjacent to an activating group) is 1. The molecule has 1 aromatic heterocycles. The summed E-state index contributed by atoms with van der Waals surface area (Å²) in [4.78, 5) is 45.3. The molecule has 152 valence electrons. The Morgan fingerprint density at radius 3 is 2.57 bits per heavy atom. The molecule has 0 saturated carbocycles. The quantitative estimate of drug-likeness (QED) is 0.402. The predicted molar refractivity (Wildman–Crippen MR) is 101 cm³/mol. The smallest absolute Gasteiger partial charge is 0.402 e. The summed E-state index contributed by atoms with van der Waals surface area (Å²) in [6.45, 7) is 8.32. The third-order valence-electron chi connectivity index (χ3n) is 5.40. The van der Waals surface area contributed by atoms with Crippen LogP contribution in [0.25, 0.3) is 0 Å². The molecule has 9 heteroatoms. The molecule has 1 aromatic rings. The van der Waals surface area contributed by atoms with Crippen LogP contribution in [-0.4, -0.2) is 58.3 Å². The Bertz CT molecular complexity index is 857. The normalized spacial score (nSPS) is 18.3. The van der Waals surface area contributed by atoms with Crippen LogP contribution in [0.5, 0.6) is 0 Å². The summed E-state index contributed by atoms with van der Waals surface area (Å²) in [5.41, 5.74) is 1.68. The van der Waals surface area contributed by atoms with Crippen molar-refractivity contribution in [1.29, 1.82) is 0 Å². The van der Waals surface area contributed by atoms with E-state index in [9.17, 15) is 14.4 Å². The summed E-state index contributed by atoms with van der Waals surface area (Å²) >= 11 is 0. The Morgan fingerprint density at radius 1 is 1.21 bits per heavy atom. The number of aliphatic imine (C=N–C) groups is 1. The zero-order valence-electron chi connectivity index (χ0n) is 17.2. The van der Waals surface area contributed by atoms with Crippen LogP contribution in [0.3, 0.4) is 0 Å². The van der Waals surface area contributed by atoms with E-state index >= 15 is 0 Å². The first-order valence-corrected chi connectivity index (χ1v) is 9.77. The molecule has 0 radical (unpaired) electrons. The van der Waals surface area contributed by atoms with Gasteiger partial charge >= 0.3 is 17.9 Å². The molecule has 1 unspecified atom stereocenters. The van der Waals surface area contributed by atoms with Crippen molar-refractivity contribution in [2.75, 3.05) is 20.2 Å². The van der Waals surface area contributed by atoms with Crippen molar-refractivity contribution < 1.29 is 23.7 Å². The number of carbonyl (C=O) groups is 3. The van der Waals surface area contributed by atoms with Crippen molar-refractivity contribution >= 4 is 29.7 Å². The van der Waals surface area contributed by atoms with Gasteiger partial charge in [0.25, 0.3) is 5.91 Å². The van der Waals surface area contributed by atoms with Gasteiger partial charge in [0.15, 0.2) is 6.54 Å². The van der Waals surface area contributed by atoms with Crippen LogP contribution in [0, 0.1) is 13.8 Å². The topological polar surface area (TPSA) is 88.1 Å². The number of ether oxygens (including phenoxy) is 1. The lowest BCUT2D eigenvalue weighted by Crippen LogP contribution is -2.57. The molecule has 9 nitrogen and oxygen atoms in total. The number of nitrogens with zero attached hydrogens (tertiary/aromatic N) is 5. The first kappa shape index (κ1) is 20.0. The number of aromatic nitrogens is 2. The standard InChI is InChI=1S/C19H28N5O4/c1-6-8-9-10-22-17(26)15-16(21(5)19(22)27)20-18-23(11-14(25)28-7-2)12(3)13(4)24(15)18/h15H,6-11H2,1-5H3/q+1. The van der Waals surface area contributed by atoms with Crippen LogP contribution in [-0.2, 0) is 20.9 Å². The number of hydrogen-bond acceptors (Lipinski definition) is 5. The molecule has 3 amide bonds. The average molecular weight is 390 g/mol. The van der Waals surface area contributed by atoms with Gasteiger partial charge in [-0.05, 0) is 27.2 Å². The lowest BCUT2D eigenvalue weighted by molar-refractivity contribution is -0.678. The molecule has 0 spiro atoms. The number of imide groups is 1. The van der Waals surface area contributed by atoms with Crippen molar-refractivity contribution in [3.8, 4) is 0 Å². The molecule has 0 aliphatic carbocycles. The highest BCUT2D eigenvalue weighted by atomic mass is 16.5. The Balaban J connectivity index is 1.99. The van der Waals surface area contributed by atoms with Gasteiger partial charge < -0.3 is 4.74 Å². The summed E-state index contributed by atoms with van der Waals surface area (Å²) in [6.07, 6.45) is 2.75. The van der Waals surface area contributed by atoms with Gasteiger partial charge in [-0.3, -0.25) is 14.6 Å². The summed E-state index contributed by atoms with van der Waals surface area (Å²) < 4.78 is 8.63. The summed E-state index contributed by atoms with van der Waals surface area (Å²) in [5.74, 6) is 0.262. The van der Waals surface area contributed by atoms with Gasteiger partial charge in [-0.25, -0.2) is 18.7 Å². The lowest BCUT2D eigenvalue weighted by atomic mass is 10.1. The number of amides is 3. The first-order valence-electron chi connectivity index (χ1n) is 9.77. The minimum atomic E-state index is -0.679. The highest BCUT2D eigenvalue weighted by molar-refractivity contribution is 6.20. The van der Waals surface area contributed by atoms with Crippen LogP contribution < -0.4 is 4.57 Å². The number of amidine groups is 1. The van der Waals surface area contributed by atoms with Gasteiger partial charge in [0, 0.05) is 13.6 Å². The molecule has 28 heavy (non-hydrogen) atoms. The van der Waals surface area contributed by atoms with E-state index in [0.29, 0.717) is 24.9 Å². The van der Waals surface area contributed by atoms with Gasteiger partial charge in [0.2, 0.25) is 11.9 Å². The fourth-order valence-corrected chi connectivity index (χ4v) is 3.75. The Morgan fingerprint density at radius 2 is 1.93 bits per heavy atom. The Hall–Kier alpha value is -2.71. The van der Waals surface area contributed by atoms with Crippen molar-refractivity contribution in [3.63, 3.8) is 0 Å². The molecule has 1 saturated heterocycles. The van der Waals surface area contributed by atoms with Crippen LogP contribution in [0.15, 0.2) is 4.99 Å². The molecule has 2 aliphatic rings. The molecular weight excluding hydrogens is 362 g/mol. The molecule has 1 fully saturated rings. The number of esters is 1. The SMILES string of the molecule is CCCCCN1C(=O)C2C(=Nc3n2c(C)c(C)[n+]3CC(=O)OCC)N(C)C1=O. The Labute approximate surface area is 164 Å². The maximum absolute atomic E-state index is 13.2. The van der Waals surface area contributed by atoms with E-state index in [-0.39, 0.29) is 24.5 Å². The van der Waals surface area contributed by atoms with Gasteiger partial charge in [-0.2, -0.15) is 0 Å². The molecule has 3 rings (SSSR count). The van der Waals surface area contributed by atoms with Gasteiger partial charge in [0.05, 0.1) is 6.61 Å². The van der Waals surface area contributed by atoms with E-state index in [1.807, 2.05) is 18.4 Å². The lowest BCUT2D eigenvalue weighted by Gasteiger charge is -2.33. The summed E-state index contributed by atoms with van der Waals surface area (Å²) in [7, 11) is 1.64. The molecule has 0 aromatic carbocycles. The molecule has 2 aliphatic heterocycles. The van der Waals surface area contributed by atoms with Gasteiger partial charge in [-0.1, -0.05) is 24.8 Å². The zero-order chi connectivity index (χ0) is 20.6. The molecule has 0 N–H and O–H groups in total. The highest BCUT2D eigenvalue weighted by Gasteiger charge is 2.54. The summed E-state index contributed by atoms with van der Waals surface area (Å²) in [5, 5.41) is 0. The third kappa shape index (κ3) is 3.08. The van der Waals surface area contributed by atoms with E-state index in [2.05, 4.69) is 11.9 Å². The first-order chi connectivity index (χ1) is 13.3. The van der Waals surface area contributed by atoms with E-state index < -0.39 is 6.04 Å². The Kier molecular flexibility index (Phi) is 5.53. The number of rotatable bonds is 7. The van der Waals surface area contributed by atoms with Gasteiger partial charge in [0.1, 0.15) is 11.4 Å². The van der Waals surface area contributed by atoms with Crippen molar-refractivity contribution in [1.82, 2.24) is 14.4 Å². The van der Waals surface area contributed by atoms with E-state index in [1.165, 1.54) is 9.80 Å². The minimum absolute atomic E-state index is 0.0123. The van der Waals surface area contributed by atoms with Crippen LogP contribution in [0.4, 0.5) is 10.7 Å². The predicted octanol–water partition coefficient (Wildman–Crippen LogP) is 1.62. The largest absolute Gasteiger partial charge is 0.464 e. The second kappa shape index (κ2) is 7.73.